The normalized spacial score (nSPS) is 18.7. The maximum atomic E-state index is 15.4. The van der Waals surface area contributed by atoms with E-state index in [2.05, 4.69) is 10.0 Å². The molecular formula is C25H24F2N6O2S. The number of fused-ring (bicyclic) bond motifs is 2. The van der Waals surface area contributed by atoms with E-state index in [1.807, 2.05) is 6.92 Å². The number of imidazole rings is 1. The second-order valence-corrected chi connectivity index (χ2v) is 10.4. The van der Waals surface area contributed by atoms with Crippen LogP contribution in [-0.2, 0) is 23.2 Å². The van der Waals surface area contributed by atoms with E-state index in [9.17, 15) is 13.4 Å². The Hall–Kier alpha value is -3.57. The van der Waals surface area contributed by atoms with E-state index in [1.54, 1.807) is 42.9 Å². The molecule has 2 aliphatic heterocycles. The summed E-state index contributed by atoms with van der Waals surface area (Å²) in [6, 6.07) is 6.46. The van der Waals surface area contributed by atoms with Crippen LogP contribution in [0.4, 0.5) is 14.5 Å². The van der Waals surface area contributed by atoms with Crippen molar-refractivity contribution in [1.82, 2.24) is 24.2 Å². The van der Waals surface area contributed by atoms with Gasteiger partial charge in [-0.1, -0.05) is 0 Å². The summed E-state index contributed by atoms with van der Waals surface area (Å²) in [5.74, 6) is -0.292. The first-order valence-corrected chi connectivity index (χ1v) is 13.0. The van der Waals surface area contributed by atoms with Crippen molar-refractivity contribution in [2.75, 3.05) is 11.3 Å². The molecule has 1 unspecified atom stereocenters. The van der Waals surface area contributed by atoms with Crippen molar-refractivity contribution in [3.8, 4) is 17.2 Å². The van der Waals surface area contributed by atoms with Gasteiger partial charge in [-0.15, -0.1) is 0 Å². The predicted molar refractivity (Wildman–Crippen MR) is 133 cm³/mol. The van der Waals surface area contributed by atoms with Crippen molar-refractivity contribution < 1.29 is 13.0 Å². The van der Waals surface area contributed by atoms with Gasteiger partial charge in [0.15, 0.2) is 5.82 Å². The molecule has 2 aromatic heterocycles. The lowest BCUT2D eigenvalue weighted by Gasteiger charge is -2.21. The minimum atomic E-state index is -1.38. The lowest BCUT2D eigenvalue weighted by atomic mass is 10.0. The fraction of sp³-hybridized carbons (Fsp3) is 0.280. The number of aromatic nitrogens is 4. The van der Waals surface area contributed by atoms with E-state index in [0.29, 0.717) is 40.3 Å². The van der Waals surface area contributed by atoms with Gasteiger partial charge >= 0.3 is 5.69 Å². The number of rotatable bonds is 3. The zero-order valence-electron chi connectivity index (χ0n) is 19.9. The lowest BCUT2D eigenvalue weighted by molar-refractivity contribution is 0.536. The number of halogens is 2. The van der Waals surface area contributed by atoms with E-state index >= 15 is 4.39 Å². The number of benzene rings is 2. The number of hydrogen-bond acceptors (Lipinski definition) is 4. The van der Waals surface area contributed by atoms with Crippen LogP contribution in [0, 0.1) is 25.5 Å². The molecular weight excluding hydrogens is 486 g/mol. The van der Waals surface area contributed by atoms with Crippen LogP contribution in [0.5, 0.6) is 0 Å². The van der Waals surface area contributed by atoms with Gasteiger partial charge < -0.3 is 10.0 Å². The zero-order valence-corrected chi connectivity index (χ0v) is 20.7. The molecule has 4 aromatic rings. The Morgan fingerprint density at radius 1 is 1.08 bits per heavy atom. The van der Waals surface area contributed by atoms with Crippen LogP contribution in [-0.4, -0.2) is 29.7 Å². The molecule has 2 aliphatic rings. The number of nitrogens with zero attached hydrogens (tertiary/aromatic N) is 4. The lowest BCUT2D eigenvalue weighted by Crippen LogP contribution is -2.30. The summed E-state index contributed by atoms with van der Waals surface area (Å²) in [4.78, 5) is 13.7. The maximum absolute atomic E-state index is 15.4. The third-order valence-corrected chi connectivity index (χ3v) is 7.87. The van der Waals surface area contributed by atoms with Crippen molar-refractivity contribution in [2.45, 2.75) is 39.0 Å². The largest absolute Gasteiger partial charge is 0.338 e. The highest BCUT2D eigenvalue weighted by molar-refractivity contribution is 7.86. The number of aryl methyl sites for hydroxylation is 2. The molecule has 0 radical (unpaired) electrons. The highest BCUT2D eigenvalue weighted by Crippen LogP contribution is 2.33. The van der Waals surface area contributed by atoms with Gasteiger partial charge in [0.25, 0.3) is 0 Å². The molecule has 2 N–H and O–H groups in total. The summed E-state index contributed by atoms with van der Waals surface area (Å²) >= 11 is 0. The van der Waals surface area contributed by atoms with Crippen molar-refractivity contribution in [1.29, 1.82) is 0 Å². The maximum Gasteiger partial charge on any atom is 0.338 e. The fourth-order valence-electron chi connectivity index (χ4n) is 5.10. The van der Waals surface area contributed by atoms with Crippen LogP contribution in [0.3, 0.4) is 0 Å². The van der Waals surface area contributed by atoms with Crippen LogP contribution in [0.2, 0.25) is 0 Å². The third kappa shape index (κ3) is 3.37. The Bertz CT molecular complexity index is 1610. The summed E-state index contributed by atoms with van der Waals surface area (Å²) in [5, 5.41) is 8.24. The Morgan fingerprint density at radius 2 is 1.81 bits per heavy atom. The summed E-state index contributed by atoms with van der Waals surface area (Å²) < 4.78 is 48.7. The first-order valence-electron chi connectivity index (χ1n) is 11.6. The van der Waals surface area contributed by atoms with Gasteiger partial charge in [0.1, 0.15) is 22.6 Å². The van der Waals surface area contributed by atoms with Gasteiger partial charge in [-0.3, -0.25) is 9.13 Å². The number of anilines is 1. The SMILES string of the molecule is Cc1cc(-n2nc3c(c2-n2ccn(-c4ccc5c(c4F)CS(=O)N5)c2=O)[C@H](C)NCC3)cc(C)c1F. The molecule has 4 heterocycles. The molecule has 2 aromatic carbocycles. The first kappa shape index (κ1) is 22.9. The van der Waals surface area contributed by atoms with Crippen molar-refractivity contribution in [3.05, 3.63) is 86.7 Å². The molecule has 6 rings (SSSR count). The molecule has 0 fully saturated rings. The molecule has 0 spiro atoms. The van der Waals surface area contributed by atoms with Crippen LogP contribution in [0.1, 0.15) is 40.9 Å². The Morgan fingerprint density at radius 3 is 2.56 bits per heavy atom. The molecule has 11 heteroatoms. The molecule has 36 heavy (non-hydrogen) atoms. The molecule has 186 valence electrons. The molecule has 0 aliphatic carbocycles. The van der Waals surface area contributed by atoms with Crippen molar-refractivity contribution in [3.63, 3.8) is 0 Å². The van der Waals surface area contributed by atoms with Gasteiger partial charge in [0.05, 0.1) is 28.5 Å². The fourth-order valence-corrected chi connectivity index (χ4v) is 6.16. The van der Waals surface area contributed by atoms with Crippen LogP contribution >= 0.6 is 0 Å². The second-order valence-electron chi connectivity index (χ2n) is 9.25. The van der Waals surface area contributed by atoms with Gasteiger partial charge in [-0.25, -0.2) is 22.5 Å². The van der Waals surface area contributed by atoms with E-state index < -0.39 is 22.5 Å². The van der Waals surface area contributed by atoms with Gasteiger partial charge in [0, 0.05) is 42.5 Å². The molecule has 0 saturated carbocycles. The average molecular weight is 511 g/mol. The van der Waals surface area contributed by atoms with Crippen LogP contribution in [0.15, 0.2) is 41.5 Å². The highest BCUT2D eigenvalue weighted by atomic mass is 32.2. The molecule has 2 atom stereocenters. The minimum absolute atomic E-state index is 0.0389. The minimum Gasteiger partial charge on any atom is -0.310 e. The van der Waals surface area contributed by atoms with E-state index in [1.165, 1.54) is 21.4 Å². The van der Waals surface area contributed by atoms with Crippen molar-refractivity contribution >= 4 is 16.7 Å². The quantitative estimate of drug-likeness (QED) is 0.442. The Balaban J connectivity index is 1.56. The topological polar surface area (TPSA) is 85.9 Å². The van der Waals surface area contributed by atoms with E-state index in [-0.39, 0.29) is 23.3 Å². The molecule has 8 nitrogen and oxygen atoms in total. The highest BCUT2D eigenvalue weighted by Gasteiger charge is 2.30. The summed E-state index contributed by atoms with van der Waals surface area (Å²) in [6.07, 6.45) is 3.78. The smallest absolute Gasteiger partial charge is 0.310 e. The number of nitrogens with one attached hydrogen (secondary N) is 2. The van der Waals surface area contributed by atoms with Gasteiger partial charge in [-0.05, 0) is 56.2 Å². The molecule has 0 amide bonds. The van der Waals surface area contributed by atoms with Gasteiger partial charge in [-0.2, -0.15) is 5.10 Å². The van der Waals surface area contributed by atoms with Crippen molar-refractivity contribution in [2.24, 2.45) is 0 Å². The van der Waals surface area contributed by atoms with E-state index in [0.717, 1.165) is 17.8 Å². The van der Waals surface area contributed by atoms with Crippen LogP contribution in [0.25, 0.3) is 17.2 Å². The van der Waals surface area contributed by atoms with Crippen LogP contribution < -0.4 is 15.7 Å². The number of hydrogen-bond donors (Lipinski definition) is 2. The first-order chi connectivity index (χ1) is 17.2. The third-order valence-electron chi connectivity index (χ3n) is 6.87. The second kappa shape index (κ2) is 8.24. The summed E-state index contributed by atoms with van der Waals surface area (Å²) in [6.45, 7) is 6.14. The zero-order chi connectivity index (χ0) is 25.3. The Kier molecular flexibility index (Phi) is 5.23. The van der Waals surface area contributed by atoms with E-state index in [4.69, 9.17) is 5.10 Å². The molecule has 0 saturated heterocycles. The monoisotopic (exact) mass is 510 g/mol. The average Bonchev–Trinajstić information content (AvgIpc) is 3.52. The standard InChI is InChI=1S/C25H24F2N6O2S/c1-13-10-16(11-14(2)22(13)26)33-24(21-15(3)28-7-6-19(21)29-33)32-9-8-31(25(32)34)20-5-4-18-17(23(20)27)12-36(35)30-18/h4-5,8-11,15,28,30H,6-7,12H2,1-3H3/t15-,36?/m0/s1. The van der Waals surface area contributed by atoms with Gasteiger partial charge in [0.2, 0.25) is 0 Å². The Labute approximate surface area is 208 Å². The predicted octanol–water partition coefficient (Wildman–Crippen LogP) is 3.50. The molecule has 0 bridgehead atoms. The summed E-state index contributed by atoms with van der Waals surface area (Å²) in [7, 11) is -1.38. The summed E-state index contributed by atoms with van der Waals surface area (Å²) in [5.41, 5.74) is 3.69.